The molecule has 0 aromatic rings. The van der Waals surface area contributed by atoms with Crippen LogP contribution >= 0.6 is 0 Å². The molecule has 0 bridgehead atoms. The van der Waals surface area contributed by atoms with E-state index in [0.717, 1.165) is 29.7 Å². The van der Waals surface area contributed by atoms with Gasteiger partial charge in [0.2, 0.25) is 0 Å². The summed E-state index contributed by atoms with van der Waals surface area (Å²) in [5.74, 6) is 4.26. The molecule has 1 aliphatic carbocycles. The van der Waals surface area contributed by atoms with Crippen molar-refractivity contribution in [3.8, 4) is 0 Å². The summed E-state index contributed by atoms with van der Waals surface area (Å²) in [6.45, 7) is 13.9. The minimum atomic E-state index is 0.746. The molecule has 2 aliphatic heterocycles. The van der Waals surface area contributed by atoms with Gasteiger partial charge >= 0.3 is 0 Å². The van der Waals surface area contributed by atoms with Gasteiger partial charge in [0, 0.05) is 25.7 Å². The second kappa shape index (κ2) is 5.13. The smallest absolute Gasteiger partial charge is 0.00385 e. The van der Waals surface area contributed by atoms with E-state index in [1.807, 2.05) is 0 Å². The second-order valence-electron chi connectivity index (χ2n) is 7.19. The van der Waals surface area contributed by atoms with Gasteiger partial charge in [-0.2, -0.15) is 0 Å². The molecule has 3 rings (SSSR count). The van der Waals surface area contributed by atoms with E-state index in [1.165, 1.54) is 52.0 Å². The Labute approximate surface area is 113 Å². The summed E-state index contributed by atoms with van der Waals surface area (Å²) in [5, 5.41) is 0. The van der Waals surface area contributed by atoms with Crippen molar-refractivity contribution in [2.45, 2.75) is 46.1 Å². The molecule has 3 fully saturated rings. The normalized spacial score (nSPS) is 38.3. The van der Waals surface area contributed by atoms with Crippen LogP contribution in [0.2, 0.25) is 0 Å². The predicted molar refractivity (Wildman–Crippen MR) is 76.6 cm³/mol. The number of hydrogen-bond donors (Lipinski definition) is 0. The summed E-state index contributed by atoms with van der Waals surface area (Å²) < 4.78 is 0. The standard InChI is InChI=1S/C16H30N2/c1-4-14-15-10-17(11-16(14)15)9-13-5-7-18(8-6-13)12(2)3/h12-16H,4-11H2,1-3H3/t14?,15-,16+. The summed E-state index contributed by atoms with van der Waals surface area (Å²) >= 11 is 0. The molecule has 104 valence electrons. The fourth-order valence-corrected chi connectivity index (χ4v) is 4.51. The predicted octanol–water partition coefficient (Wildman–Crippen LogP) is 2.69. The average Bonchev–Trinajstić information content (AvgIpc) is 2.84. The van der Waals surface area contributed by atoms with E-state index in [2.05, 4.69) is 30.6 Å². The Morgan fingerprint density at radius 1 is 1.06 bits per heavy atom. The molecule has 0 radical (unpaired) electrons. The third kappa shape index (κ3) is 2.46. The first kappa shape index (κ1) is 12.9. The van der Waals surface area contributed by atoms with Crippen LogP contribution in [0.15, 0.2) is 0 Å². The molecule has 0 aromatic carbocycles. The molecule has 0 N–H and O–H groups in total. The highest BCUT2D eigenvalue weighted by Gasteiger charge is 2.54. The van der Waals surface area contributed by atoms with Gasteiger partial charge in [-0.1, -0.05) is 13.3 Å². The number of fused-ring (bicyclic) bond motifs is 1. The zero-order chi connectivity index (χ0) is 12.7. The van der Waals surface area contributed by atoms with Crippen LogP contribution < -0.4 is 0 Å². The number of hydrogen-bond acceptors (Lipinski definition) is 2. The third-order valence-electron chi connectivity index (χ3n) is 5.81. The Hall–Kier alpha value is -0.0800. The minimum Gasteiger partial charge on any atom is -0.302 e. The van der Waals surface area contributed by atoms with Crippen molar-refractivity contribution >= 4 is 0 Å². The van der Waals surface area contributed by atoms with E-state index in [1.54, 1.807) is 0 Å². The molecular formula is C16H30N2. The van der Waals surface area contributed by atoms with Crippen molar-refractivity contribution in [2.75, 3.05) is 32.7 Å². The van der Waals surface area contributed by atoms with Crippen LogP contribution in [-0.2, 0) is 0 Å². The average molecular weight is 250 g/mol. The van der Waals surface area contributed by atoms with Gasteiger partial charge in [0.15, 0.2) is 0 Å². The first-order chi connectivity index (χ1) is 8.69. The van der Waals surface area contributed by atoms with Crippen LogP contribution in [0.3, 0.4) is 0 Å². The van der Waals surface area contributed by atoms with Crippen LogP contribution in [0, 0.1) is 23.7 Å². The van der Waals surface area contributed by atoms with Crippen molar-refractivity contribution in [1.82, 2.24) is 9.80 Å². The molecule has 1 saturated carbocycles. The molecule has 2 heteroatoms. The maximum Gasteiger partial charge on any atom is 0.00385 e. The topological polar surface area (TPSA) is 6.48 Å². The lowest BCUT2D eigenvalue weighted by atomic mass is 9.95. The van der Waals surface area contributed by atoms with Crippen molar-refractivity contribution in [3.63, 3.8) is 0 Å². The molecule has 3 atom stereocenters. The maximum absolute atomic E-state index is 2.77. The summed E-state index contributed by atoms with van der Waals surface area (Å²) in [4.78, 5) is 5.42. The van der Waals surface area contributed by atoms with E-state index in [9.17, 15) is 0 Å². The Bertz CT molecular complexity index is 269. The molecule has 1 unspecified atom stereocenters. The maximum atomic E-state index is 2.77. The first-order valence-electron chi connectivity index (χ1n) is 8.15. The van der Waals surface area contributed by atoms with E-state index < -0.39 is 0 Å². The summed E-state index contributed by atoms with van der Waals surface area (Å²) in [6.07, 6.45) is 4.29. The second-order valence-corrected chi connectivity index (χ2v) is 7.19. The van der Waals surface area contributed by atoms with Crippen LogP contribution in [0.25, 0.3) is 0 Å². The molecule has 2 nitrogen and oxygen atoms in total. The zero-order valence-corrected chi connectivity index (χ0v) is 12.4. The van der Waals surface area contributed by atoms with Gasteiger partial charge in [-0.25, -0.2) is 0 Å². The molecule has 0 aromatic heterocycles. The number of nitrogens with zero attached hydrogens (tertiary/aromatic N) is 2. The summed E-state index contributed by atoms with van der Waals surface area (Å²) in [6, 6.07) is 0.746. The Kier molecular flexibility index (Phi) is 3.68. The molecular weight excluding hydrogens is 220 g/mol. The van der Waals surface area contributed by atoms with Gasteiger partial charge in [0.1, 0.15) is 0 Å². The zero-order valence-electron chi connectivity index (χ0n) is 12.4. The van der Waals surface area contributed by atoms with Crippen LogP contribution in [0.4, 0.5) is 0 Å². The van der Waals surface area contributed by atoms with Gasteiger partial charge in [-0.3, -0.25) is 0 Å². The SMILES string of the molecule is CCC1[C@H]2CN(CC3CCN(C(C)C)CC3)C[C@@H]12. The molecule has 18 heavy (non-hydrogen) atoms. The van der Waals surface area contributed by atoms with E-state index in [4.69, 9.17) is 0 Å². The first-order valence-corrected chi connectivity index (χ1v) is 8.15. The number of rotatable bonds is 4. The van der Waals surface area contributed by atoms with Crippen molar-refractivity contribution in [3.05, 3.63) is 0 Å². The summed E-state index contributed by atoms with van der Waals surface area (Å²) in [7, 11) is 0. The fourth-order valence-electron chi connectivity index (χ4n) is 4.51. The van der Waals surface area contributed by atoms with E-state index in [-0.39, 0.29) is 0 Å². The van der Waals surface area contributed by atoms with Gasteiger partial charge in [0.05, 0.1) is 0 Å². The Balaban J connectivity index is 1.38. The lowest BCUT2D eigenvalue weighted by Crippen LogP contribution is -2.41. The van der Waals surface area contributed by atoms with Gasteiger partial charge in [-0.05, 0) is 63.5 Å². The largest absolute Gasteiger partial charge is 0.302 e. The van der Waals surface area contributed by atoms with Crippen molar-refractivity contribution in [1.29, 1.82) is 0 Å². The third-order valence-corrected chi connectivity index (χ3v) is 5.81. The fraction of sp³-hybridized carbons (Fsp3) is 1.00. The molecule has 2 heterocycles. The van der Waals surface area contributed by atoms with Crippen LogP contribution in [-0.4, -0.2) is 48.6 Å². The van der Waals surface area contributed by atoms with E-state index in [0.29, 0.717) is 0 Å². The van der Waals surface area contributed by atoms with E-state index >= 15 is 0 Å². The highest BCUT2D eigenvalue weighted by molar-refractivity contribution is 5.04. The highest BCUT2D eigenvalue weighted by atomic mass is 15.2. The van der Waals surface area contributed by atoms with Gasteiger partial charge < -0.3 is 9.80 Å². The lowest BCUT2D eigenvalue weighted by molar-refractivity contribution is 0.123. The minimum absolute atomic E-state index is 0.746. The molecule has 2 saturated heterocycles. The van der Waals surface area contributed by atoms with Crippen LogP contribution in [0.1, 0.15) is 40.0 Å². The number of piperidine rings is 2. The number of likely N-dealkylation sites (tertiary alicyclic amines) is 2. The molecule has 3 aliphatic rings. The summed E-state index contributed by atoms with van der Waals surface area (Å²) in [5.41, 5.74) is 0. The van der Waals surface area contributed by atoms with Gasteiger partial charge in [-0.15, -0.1) is 0 Å². The molecule has 0 spiro atoms. The quantitative estimate of drug-likeness (QED) is 0.757. The Morgan fingerprint density at radius 2 is 1.67 bits per heavy atom. The van der Waals surface area contributed by atoms with Crippen molar-refractivity contribution < 1.29 is 0 Å². The van der Waals surface area contributed by atoms with Crippen molar-refractivity contribution in [2.24, 2.45) is 23.7 Å². The Morgan fingerprint density at radius 3 is 2.17 bits per heavy atom. The highest BCUT2D eigenvalue weighted by Crippen LogP contribution is 2.53. The molecule has 0 amide bonds. The van der Waals surface area contributed by atoms with Gasteiger partial charge in [0.25, 0.3) is 0 Å². The monoisotopic (exact) mass is 250 g/mol. The lowest BCUT2D eigenvalue weighted by Gasteiger charge is -2.36. The van der Waals surface area contributed by atoms with Crippen LogP contribution in [0.5, 0.6) is 0 Å².